The smallest absolute Gasteiger partial charge is 0.0547 e. The van der Waals surface area contributed by atoms with Crippen molar-refractivity contribution in [2.45, 2.75) is 0 Å². The van der Waals surface area contributed by atoms with Crippen molar-refractivity contribution in [1.82, 2.24) is 13.7 Å². The van der Waals surface area contributed by atoms with Gasteiger partial charge in [0.2, 0.25) is 0 Å². The molecule has 0 radical (unpaired) electrons. The number of hydrogen-bond donors (Lipinski definition) is 0. The molecule has 28 rings (SSSR count). The van der Waals surface area contributed by atoms with E-state index in [4.69, 9.17) is 0 Å². The van der Waals surface area contributed by atoms with E-state index in [9.17, 15) is 0 Å². The molecule has 6 nitrogen and oxygen atoms in total. The monoisotopic (exact) mass is 1860 g/mol. The average Bonchev–Trinajstić information content (AvgIpc) is 1.56. The molecule has 0 bridgehead atoms. The minimum absolute atomic E-state index is 1.10. The van der Waals surface area contributed by atoms with Crippen LogP contribution in [0, 0.1) is 0 Å². The normalized spacial score (nSPS) is 11.4. The second-order valence-electron chi connectivity index (χ2n) is 37.5. The Morgan fingerprint density at radius 1 is 0.110 bits per heavy atom. The standard InChI is InChI=1S/C48H32N2.2C46H32N2/c1-2-14-39(15-3-1)49(40-24-20-34(21-25-40)38-19-18-33-10-4-5-13-37(33)32-38)41-26-28-42(29-27-41)50-45-30-22-35-11-6-8-16-43(35)47(45)48-44-17-9-7-12-36(44)23-31-46(48)50;1-2-16-39(17-3-1)47(40-28-26-34(27-29-40)38-25-24-33-12-4-5-13-35(33)30-38)41-18-10-14-36(31-41)37-15-11-19-42(32-37)48-45-22-8-6-20-43(45)44-21-7-9-23-46(44)48;1-2-11-33(12-3-1)35-23-27-39(28-24-35)47(40-29-25-36(26-30-40)38-22-21-34-13-4-5-14-37(34)31-38)41-15-10-16-42(32-41)48-45-19-8-6-17-43(45)44-18-7-9-20-46(44)48/h1-32H;2*1-32H. The van der Waals surface area contributed by atoms with Gasteiger partial charge >= 0.3 is 0 Å². The van der Waals surface area contributed by atoms with Gasteiger partial charge in [-0.2, -0.15) is 0 Å². The lowest BCUT2D eigenvalue weighted by molar-refractivity contribution is 1.17. The van der Waals surface area contributed by atoms with Crippen molar-refractivity contribution in [3.05, 3.63) is 582 Å². The Morgan fingerprint density at radius 3 is 0.733 bits per heavy atom. The predicted octanol–water partition coefficient (Wildman–Crippen LogP) is 38.9. The van der Waals surface area contributed by atoms with Gasteiger partial charge in [0.1, 0.15) is 0 Å². The van der Waals surface area contributed by atoms with Crippen LogP contribution in [-0.4, -0.2) is 13.7 Å². The van der Waals surface area contributed by atoms with Gasteiger partial charge in [0.25, 0.3) is 0 Å². The maximum Gasteiger partial charge on any atom is 0.0547 e. The molecule has 6 heteroatoms. The molecule has 0 atom stereocenters. The molecule has 0 aliphatic rings. The van der Waals surface area contributed by atoms with E-state index in [1.165, 1.54) is 175 Å². The third kappa shape index (κ3) is 16.4. The highest BCUT2D eigenvalue weighted by Crippen LogP contribution is 2.47. The molecular formula is C140H96N6. The fourth-order valence-corrected chi connectivity index (χ4v) is 21.8. The van der Waals surface area contributed by atoms with Gasteiger partial charge in [-0.1, -0.05) is 388 Å². The van der Waals surface area contributed by atoms with Gasteiger partial charge in [0, 0.05) is 101 Å². The van der Waals surface area contributed by atoms with Crippen molar-refractivity contribution < 1.29 is 0 Å². The SMILES string of the molecule is c1ccc(-c2ccc(N(c3ccc(-c4ccc5ccccc5c4)cc3)c3cccc(-n4c5ccccc5c5ccccc54)c3)cc2)cc1.c1ccc(N(c2ccc(-c3ccc4ccccc4c3)cc2)c2ccc(-n3c4ccc5ccccc5c4c4c5ccccc5ccc43)cc2)cc1.c1ccc(N(c2ccc(-c3ccc4ccccc4c3)cc2)c2cccc(-c3cccc(-n4c5ccccc5c5ccccc54)c3)c2)cc1. The van der Waals surface area contributed by atoms with Gasteiger partial charge in [-0.3, -0.25) is 0 Å². The lowest BCUT2D eigenvalue weighted by Crippen LogP contribution is -2.10. The number of nitrogens with zero attached hydrogens (tertiary/aromatic N) is 6. The van der Waals surface area contributed by atoms with Crippen LogP contribution in [0.3, 0.4) is 0 Å². The van der Waals surface area contributed by atoms with E-state index in [0.29, 0.717) is 0 Å². The fraction of sp³-hybridized carbons (Fsp3) is 0. The third-order valence-electron chi connectivity index (χ3n) is 28.8. The maximum absolute atomic E-state index is 2.43. The van der Waals surface area contributed by atoms with Crippen LogP contribution in [0.1, 0.15) is 0 Å². The fourth-order valence-electron chi connectivity index (χ4n) is 21.8. The van der Waals surface area contributed by atoms with E-state index in [1.807, 2.05) is 0 Å². The van der Waals surface area contributed by atoms with Crippen LogP contribution in [0.4, 0.5) is 51.2 Å². The summed E-state index contributed by atoms with van der Waals surface area (Å²) in [5, 5.41) is 20.3. The van der Waals surface area contributed by atoms with Crippen molar-refractivity contribution in [1.29, 1.82) is 0 Å². The first-order valence-electron chi connectivity index (χ1n) is 50.1. The van der Waals surface area contributed by atoms with Crippen molar-refractivity contribution >= 4 is 170 Å². The lowest BCUT2D eigenvalue weighted by Gasteiger charge is -2.26. The molecule has 0 aliphatic heterocycles. The van der Waals surface area contributed by atoms with Crippen LogP contribution in [0.5, 0.6) is 0 Å². The number of aromatic nitrogens is 3. The van der Waals surface area contributed by atoms with Crippen molar-refractivity contribution in [2.75, 3.05) is 14.7 Å². The van der Waals surface area contributed by atoms with Crippen LogP contribution in [-0.2, 0) is 0 Å². The summed E-state index contributed by atoms with van der Waals surface area (Å²) in [7, 11) is 0. The number of benzene rings is 25. The molecule has 28 aromatic rings. The first kappa shape index (κ1) is 86.9. The van der Waals surface area contributed by atoms with Gasteiger partial charge in [-0.25, -0.2) is 0 Å². The van der Waals surface area contributed by atoms with Crippen LogP contribution in [0.25, 0.3) is 192 Å². The molecule has 0 N–H and O–H groups in total. The third-order valence-corrected chi connectivity index (χ3v) is 28.8. The van der Waals surface area contributed by atoms with E-state index in [0.717, 1.165) is 68.2 Å². The van der Waals surface area contributed by atoms with Crippen molar-refractivity contribution in [3.8, 4) is 72.7 Å². The summed E-state index contributed by atoms with van der Waals surface area (Å²) in [6.07, 6.45) is 0. The molecule has 0 saturated heterocycles. The Labute approximate surface area is 847 Å². The van der Waals surface area contributed by atoms with Gasteiger partial charge in [-0.15, -0.1) is 0 Å². The second-order valence-corrected chi connectivity index (χ2v) is 37.5. The Kier molecular flexibility index (Phi) is 22.6. The molecule has 0 fully saturated rings. The van der Waals surface area contributed by atoms with E-state index in [1.54, 1.807) is 0 Å². The van der Waals surface area contributed by atoms with Gasteiger partial charge in [0.15, 0.2) is 0 Å². The molecule has 0 saturated carbocycles. The Balaban J connectivity index is 0.000000111. The summed E-state index contributed by atoms with van der Waals surface area (Å²) in [5.74, 6) is 0. The van der Waals surface area contributed by atoms with Gasteiger partial charge < -0.3 is 28.4 Å². The summed E-state index contributed by atoms with van der Waals surface area (Å²) in [6, 6.07) is 210. The zero-order valence-electron chi connectivity index (χ0n) is 80.1. The quantitative estimate of drug-likeness (QED) is 0.0908. The summed E-state index contributed by atoms with van der Waals surface area (Å²) in [4.78, 5) is 7.03. The number of para-hydroxylation sites is 6. The molecule has 0 spiro atoms. The molecule has 3 heterocycles. The van der Waals surface area contributed by atoms with Crippen LogP contribution >= 0.6 is 0 Å². The van der Waals surface area contributed by atoms with Crippen molar-refractivity contribution in [3.63, 3.8) is 0 Å². The number of anilines is 9. The van der Waals surface area contributed by atoms with E-state index >= 15 is 0 Å². The molecule has 0 unspecified atom stereocenters. The minimum atomic E-state index is 1.10. The maximum atomic E-state index is 2.43. The summed E-state index contributed by atoms with van der Waals surface area (Å²) < 4.78 is 7.19. The number of rotatable bonds is 17. The highest BCUT2D eigenvalue weighted by atomic mass is 15.2. The van der Waals surface area contributed by atoms with E-state index in [-0.39, 0.29) is 0 Å². The van der Waals surface area contributed by atoms with Gasteiger partial charge in [-0.05, 0) is 304 Å². The van der Waals surface area contributed by atoms with Crippen LogP contribution < -0.4 is 14.7 Å². The molecule has 0 amide bonds. The van der Waals surface area contributed by atoms with E-state index < -0.39 is 0 Å². The highest BCUT2D eigenvalue weighted by Gasteiger charge is 2.24. The predicted molar refractivity (Wildman–Crippen MR) is 621 cm³/mol. The molecule has 25 aromatic carbocycles. The highest BCUT2D eigenvalue weighted by molar-refractivity contribution is 6.29. The van der Waals surface area contributed by atoms with Gasteiger partial charge in [0.05, 0.1) is 33.1 Å². The molecule has 3 aromatic heterocycles. The Morgan fingerprint density at radius 2 is 0.342 bits per heavy atom. The molecular weight excluding hydrogens is 1770 g/mol. The Bertz CT molecular complexity index is 9530. The summed E-state index contributed by atoms with van der Waals surface area (Å²) in [6.45, 7) is 0. The Hall–Kier alpha value is -19.4. The minimum Gasteiger partial charge on any atom is -0.311 e. The van der Waals surface area contributed by atoms with E-state index in [2.05, 4.69) is 611 Å². The molecule has 686 valence electrons. The zero-order valence-corrected chi connectivity index (χ0v) is 80.1. The first-order chi connectivity index (χ1) is 72.4. The lowest BCUT2D eigenvalue weighted by atomic mass is 10.00. The average molecular weight is 1860 g/mol. The summed E-state index contributed by atoms with van der Waals surface area (Å²) >= 11 is 0. The number of fused-ring (bicyclic) bond motifs is 16. The summed E-state index contributed by atoms with van der Waals surface area (Å²) in [5.41, 5.74) is 32.7. The second kappa shape index (κ2) is 38.0. The molecule has 0 aliphatic carbocycles. The largest absolute Gasteiger partial charge is 0.311 e. The van der Waals surface area contributed by atoms with Crippen LogP contribution in [0.15, 0.2) is 582 Å². The van der Waals surface area contributed by atoms with Crippen LogP contribution in [0.2, 0.25) is 0 Å². The topological polar surface area (TPSA) is 24.5 Å². The number of hydrogen-bond acceptors (Lipinski definition) is 3. The molecule has 146 heavy (non-hydrogen) atoms. The van der Waals surface area contributed by atoms with Crippen molar-refractivity contribution in [2.24, 2.45) is 0 Å². The zero-order chi connectivity index (χ0) is 96.7. The first-order valence-corrected chi connectivity index (χ1v) is 50.1.